The number of alkyl halides is 1. The van der Waals surface area contributed by atoms with E-state index in [1.165, 1.54) is 6.08 Å². The fraction of sp³-hybridized carbons (Fsp3) is 0.500. The van der Waals surface area contributed by atoms with Crippen molar-refractivity contribution in [2.75, 3.05) is 17.2 Å². The van der Waals surface area contributed by atoms with Crippen LogP contribution in [-0.2, 0) is 11.2 Å². The molecule has 1 saturated heterocycles. The summed E-state index contributed by atoms with van der Waals surface area (Å²) in [5.74, 6) is 5.78. The fourth-order valence-corrected chi connectivity index (χ4v) is 3.66. The number of anilines is 2. The maximum Gasteiger partial charge on any atom is 0.257 e. The van der Waals surface area contributed by atoms with Crippen molar-refractivity contribution in [1.29, 1.82) is 0 Å². The SMILES string of the molecule is C=C[C@@H](O)[C@H]1O[C@@H](N2CCc3c2nc(N)[nH]c3=O)C(Cl)(C#CC)C1O. The summed E-state index contributed by atoms with van der Waals surface area (Å²) in [6, 6.07) is 0. The Morgan fingerprint density at radius 3 is 3.04 bits per heavy atom. The number of hydrogen-bond acceptors (Lipinski definition) is 7. The Morgan fingerprint density at radius 1 is 1.68 bits per heavy atom. The van der Waals surface area contributed by atoms with Gasteiger partial charge in [-0.3, -0.25) is 9.78 Å². The van der Waals surface area contributed by atoms with Crippen LogP contribution in [0, 0.1) is 11.8 Å². The maximum atomic E-state index is 12.1. The number of nitrogen functional groups attached to an aromatic ring is 1. The molecule has 0 spiro atoms. The number of halogens is 1. The zero-order valence-corrected chi connectivity index (χ0v) is 14.3. The molecule has 0 aliphatic carbocycles. The highest BCUT2D eigenvalue weighted by Crippen LogP contribution is 2.42. The van der Waals surface area contributed by atoms with Crippen molar-refractivity contribution in [3.63, 3.8) is 0 Å². The lowest BCUT2D eigenvalue weighted by Gasteiger charge is -2.32. The van der Waals surface area contributed by atoms with E-state index >= 15 is 0 Å². The molecule has 5 N–H and O–H groups in total. The van der Waals surface area contributed by atoms with Gasteiger partial charge in [0.25, 0.3) is 5.56 Å². The van der Waals surface area contributed by atoms with Gasteiger partial charge in [-0.05, 0) is 13.3 Å². The van der Waals surface area contributed by atoms with Crippen molar-refractivity contribution in [3.05, 3.63) is 28.6 Å². The van der Waals surface area contributed by atoms with Gasteiger partial charge in [-0.15, -0.1) is 12.5 Å². The minimum absolute atomic E-state index is 0.0291. The van der Waals surface area contributed by atoms with Crippen LogP contribution in [0.4, 0.5) is 11.8 Å². The molecule has 25 heavy (non-hydrogen) atoms. The van der Waals surface area contributed by atoms with Crippen molar-refractivity contribution in [2.45, 2.75) is 42.8 Å². The average Bonchev–Trinajstić information content (AvgIpc) is 3.08. The summed E-state index contributed by atoms with van der Waals surface area (Å²) in [5.41, 5.74) is 5.78. The molecule has 2 aliphatic heterocycles. The molecule has 1 aromatic rings. The van der Waals surface area contributed by atoms with E-state index in [-0.39, 0.29) is 11.5 Å². The van der Waals surface area contributed by atoms with Crippen molar-refractivity contribution in [2.24, 2.45) is 0 Å². The van der Waals surface area contributed by atoms with Crippen molar-refractivity contribution >= 4 is 23.4 Å². The van der Waals surface area contributed by atoms with Gasteiger partial charge in [-0.2, -0.15) is 4.98 Å². The number of ether oxygens (including phenoxy) is 1. The number of nitrogens with one attached hydrogen (secondary N) is 1. The van der Waals surface area contributed by atoms with Crippen LogP contribution in [-0.4, -0.2) is 56.1 Å². The molecule has 3 heterocycles. The zero-order valence-electron chi connectivity index (χ0n) is 13.6. The molecular formula is C16H19ClN4O4. The Labute approximate surface area is 149 Å². The molecule has 0 bridgehead atoms. The number of aromatic amines is 1. The zero-order chi connectivity index (χ0) is 18.4. The van der Waals surface area contributed by atoms with Crippen LogP contribution < -0.4 is 16.2 Å². The molecule has 9 heteroatoms. The Kier molecular flexibility index (Phi) is 4.51. The van der Waals surface area contributed by atoms with Gasteiger partial charge in [0.2, 0.25) is 5.95 Å². The third-order valence-corrected chi connectivity index (χ3v) is 4.96. The second-order valence-corrected chi connectivity index (χ2v) is 6.59. The van der Waals surface area contributed by atoms with Gasteiger partial charge >= 0.3 is 0 Å². The van der Waals surface area contributed by atoms with Gasteiger partial charge in [0.15, 0.2) is 11.1 Å². The fourth-order valence-electron chi connectivity index (χ4n) is 3.27. The predicted octanol–water partition coefficient (Wildman–Crippen LogP) is -0.652. The highest BCUT2D eigenvalue weighted by Gasteiger charge is 2.59. The molecule has 3 rings (SSSR count). The first-order chi connectivity index (χ1) is 11.8. The number of aliphatic hydroxyl groups excluding tert-OH is 2. The monoisotopic (exact) mass is 366 g/mol. The minimum atomic E-state index is -1.51. The van der Waals surface area contributed by atoms with Crippen molar-refractivity contribution < 1.29 is 14.9 Å². The van der Waals surface area contributed by atoms with Gasteiger partial charge in [-0.25, -0.2) is 0 Å². The van der Waals surface area contributed by atoms with Gasteiger partial charge in [0.1, 0.15) is 24.1 Å². The summed E-state index contributed by atoms with van der Waals surface area (Å²) < 4.78 is 5.84. The van der Waals surface area contributed by atoms with E-state index in [1.807, 2.05) is 0 Å². The lowest BCUT2D eigenvalue weighted by Crippen LogP contribution is -2.51. The third kappa shape index (κ3) is 2.69. The van der Waals surface area contributed by atoms with Gasteiger partial charge in [0, 0.05) is 6.54 Å². The molecule has 5 atom stereocenters. The lowest BCUT2D eigenvalue weighted by atomic mass is 9.96. The summed E-state index contributed by atoms with van der Waals surface area (Å²) in [7, 11) is 0. The summed E-state index contributed by atoms with van der Waals surface area (Å²) in [6.07, 6.45) is -2.66. The summed E-state index contributed by atoms with van der Waals surface area (Å²) in [6.45, 7) is 5.49. The first-order valence-corrected chi connectivity index (χ1v) is 8.13. The molecule has 0 radical (unpaired) electrons. The third-order valence-electron chi connectivity index (χ3n) is 4.45. The summed E-state index contributed by atoms with van der Waals surface area (Å²) in [5, 5.41) is 20.7. The molecule has 1 fully saturated rings. The Hall–Kier alpha value is -2.05. The Morgan fingerprint density at radius 2 is 2.40 bits per heavy atom. The molecule has 2 aliphatic rings. The van der Waals surface area contributed by atoms with Crippen LogP contribution in [0.1, 0.15) is 12.5 Å². The minimum Gasteiger partial charge on any atom is -0.387 e. The van der Waals surface area contributed by atoms with Crippen LogP contribution in [0.15, 0.2) is 17.4 Å². The predicted molar refractivity (Wildman–Crippen MR) is 93.2 cm³/mol. The van der Waals surface area contributed by atoms with Gasteiger partial charge in [0.05, 0.1) is 5.56 Å². The highest BCUT2D eigenvalue weighted by atomic mass is 35.5. The van der Waals surface area contributed by atoms with Crippen molar-refractivity contribution in [1.82, 2.24) is 9.97 Å². The Bertz CT molecular complexity index is 817. The summed E-state index contributed by atoms with van der Waals surface area (Å²) in [4.78, 5) is 18.8. The van der Waals surface area contributed by atoms with E-state index < -0.39 is 29.4 Å². The van der Waals surface area contributed by atoms with E-state index in [4.69, 9.17) is 22.1 Å². The largest absolute Gasteiger partial charge is 0.387 e. The number of aliphatic hydroxyl groups is 2. The quantitative estimate of drug-likeness (QED) is 0.318. The maximum absolute atomic E-state index is 12.1. The smallest absolute Gasteiger partial charge is 0.257 e. The molecule has 0 amide bonds. The molecular weight excluding hydrogens is 348 g/mol. The van der Waals surface area contributed by atoms with Crippen LogP contribution in [0.5, 0.6) is 0 Å². The molecule has 0 saturated carbocycles. The molecule has 134 valence electrons. The second-order valence-electron chi connectivity index (χ2n) is 5.96. The second kappa shape index (κ2) is 6.35. The number of hydrogen-bond donors (Lipinski definition) is 4. The van der Waals surface area contributed by atoms with Crippen LogP contribution >= 0.6 is 11.6 Å². The Balaban J connectivity index is 2.06. The average molecular weight is 367 g/mol. The molecule has 1 aromatic heterocycles. The first kappa shape index (κ1) is 17.8. The number of nitrogens with two attached hydrogens (primary N) is 1. The normalized spacial score (nSPS) is 32.0. The summed E-state index contributed by atoms with van der Waals surface area (Å²) >= 11 is 6.63. The number of H-pyrrole nitrogens is 1. The van der Waals surface area contributed by atoms with E-state index in [2.05, 4.69) is 28.4 Å². The van der Waals surface area contributed by atoms with E-state index in [1.54, 1.807) is 11.8 Å². The molecule has 8 nitrogen and oxygen atoms in total. The number of aromatic nitrogens is 2. The van der Waals surface area contributed by atoms with E-state index in [9.17, 15) is 15.0 Å². The van der Waals surface area contributed by atoms with Crippen LogP contribution in [0.2, 0.25) is 0 Å². The highest BCUT2D eigenvalue weighted by molar-refractivity contribution is 6.27. The lowest BCUT2D eigenvalue weighted by molar-refractivity contribution is -0.0479. The number of fused-ring (bicyclic) bond motifs is 1. The first-order valence-electron chi connectivity index (χ1n) is 7.75. The van der Waals surface area contributed by atoms with Gasteiger partial charge < -0.3 is 25.6 Å². The van der Waals surface area contributed by atoms with E-state index in [0.29, 0.717) is 24.3 Å². The van der Waals surface area contributed by atoms with Crippen LogP contribution in [0.25, 0.3) is 0 Å². The van der Waals surface area contributed by atoms with Crippen LogP contribution in [0.3, 0.4) is 0 Å². The topological polar surface area (TPSA) is 125 Å². The number of nitrogens with zero attached hydrogens (tertiary/aromatic N) is 2. The molecule has 2 unspecified atom stereocenters. The standard InChI is InChI=1S/C16H19ClN4O4/c1-3-6-16(17)11(23)10(9(22)4-2)25-14(16)21-7-5-8-12(21)19-15(18)20-13(8)24/h4,9-11,14,22-23H,2,5,7H2,1H3,(H3,18,19,20,24)/t9-,10-,11?,14-,16?/m1/s1. The number of rotatable bonds is 3. The van der Waals surface area contributed by atoms with Gasteiger partial charge in [-0.1, -0.05) is 23.6 Å². The molecule has 0 aromatic carbocycles. The van der Waals surface area contributed by atoms with E-state index in [0.717, 1.165) is 0 Å². The van der Waals surface area contributed by atoms with Crippen molar-refractivity contribution in [3.8, 4) is 11.8 Å².